The summed E-state index contributed by atoms with van der Waals surface area (Å²) in [7, 11) is 0. The van der Waals surface area contributed by atoms with E-state index in [1.165, 1.54) is 11.3 Å². The minimum atomic E-state index is -0.273. The van der Waals surface area contributed by atoms with Gasteiger partial charge in [-0.1, -0.05) is 12.1 Å². The first-order valence-electron chi connectivity index (χ1n) is 7.87. The number of anilines is 1. The Bertz CT molecular complexity index is 856. The Morgan fingerprint density at radius 1 is 1.36 bits per heavy atom. The van der Waals surface area contributed by atoms with Crippen LogP contribution >= 0.6 is 11.3 Å². The lowest BCUT2D eigenvalue weighted by Crippen LogP contribution is -2.07. The summed E-state index contributed by atoms with van der Waals surface area (Å²) in [6, 6.07) is 12.0. The summed E-state index contributed by atoms with van der Waals surface area (Å²) in [5.74, 6) is -0.273. The van der Waals surface area contributed by atoms with E-state index in [4.69, 9.17) is 4.74 Å². The van der Waals surface area contributed by atoms with E-state index in [0.29, 0.717) is 17.4 Å². The molecule has 3 aromatic rings. The van der Waals surface area contributed by atoms with Gasteiger partial charge >= 0.3 is 5.97 Å². The molecule has 0 amide bonds. The Balaban J connectivity index is 1.59. The van der Waals surface area contributed by atoms with Gasteiger partial charge in [-0.2, -0.15) is 5.10 Å². The number of hydrogen-bond donors (Lipinski definition) is 1. The smallest absolute Gasteiger partial charge is 0.311 e. The third-order valence-corrected chi connectivity index (χ3v) is 4.12. The third kappa shape index (κ3) is 4.77. The summed E-state index contributed by atoms with van der Waals surface area (Å²) in [5, 5.41) is 6.67. The van der Waals surface area contributed by atoms with Gasteiger partial charge in [-0.05, 0) is 36.8 Å². The van der Waals surface area contributed by atoms with Crippen molar-refractivity contribution < 1.29 is 9.53 Å². The van der Waals surface area contributed by atoms with E-state index in [0.717, 1.165) is 11.3 Å². The first kappa shape index (κ1) is 16.9. The molecule has 6 nitrogen and oxygen atoms in total. The average molecular weight is 354 g/mol. The Labute approximate surface area is 149 Å². The van der Waals surface area contributed by atoms with Crippen LogP contribution in [-0.4, -0.2) is 28.3 Å². The normalized spacial score (nSPS) is 10.9. The highest BCUT2D eigenvalue weighted by atomic mass is 32.1. The number of benzene rings is 1. The SMILES string of the molecule is CCOC(=O)Cc1csc(NN=Cc2cccc(-n3cccc3)c2)n1. The summed E-state index contributed by atoms with van der Waals surface area (Å²) in [6.45, 7) is 2.16. The Hall–Kier alpha value is -2.93. The van der Waals surface area contributed by atoms with Crippen LogP contribution in [0.25, 0.3) is 5.69 Å². The molecule has 0 aliphatic heterocycles. The lowest BCUT2D eigenvalue weighted by Gasteiger charge is -2.03. The first-order chi connectivity index (χ1) is 12.2. The summed E-state index contributed by atoms with van der Waals surface area (Å²) >= 11 is 1.40. The van der Waals surface area contributed by atoms with Crippen LogP contribution in [-0.2, 0) is 16.0 Å². The summed E-state index contributed by atoms with van der Waals surface area (Å²) in [4.78, 5) is 15.8. The molecule has 0 bridgehead atoms. The molecule has 3 rings (SSSR count). The van der Waals surface area contributed by atoms with Crippen molar-refractivity contribution in [2.75, 3.05) is 12.0 Å². The molecule has 1 N–H and O–H groups in total. The molecule has 0 unspecified atom stereocenters. The molecule has 0 saturated carbocycles. The van der Waals surface area contributed by atoms with E-state index in [1.807, 2.05) is 58.7 Å². The van der Waals surface area contributed by atoms with Crippen LogP contribution in [0, 0.1) is 0 Å². The second-order valence-electron chi connectivity index (χ2n) is 5.18. The summed E-state index contributed by atoms with van der Waals surface area (Å²) in [6.07, 6.45) is 5.90. The van der Waals surface area contributed by atoms with E-state index in [-0.39, 0.29) is 12.4 Å². The number of thiazole rings is 1. The van der Waals surface area contributed by atoms with Crippen LogP contribution in [0.15, 0.2) is 59.3 Å². The topological polar surface area (TPSA) is 68.5 Å². The van der Waals surface area contributed by atoms with E-state index < -0.39 is 0 Å². The van der Waals surface area contributed by atoms with Gasteiger partial charge < -0.3 is 9.30 Å². The zero-order valence-corrected chi connectivity index (χ0v) is 14.6. The van der Waals surface area contributed by atoms with E-state index in [1.54, 1.807) is 13.1 Å². The van der Waals surface area contributed by atoms with Crippen LogP contribution in [0.3, 0.4) is 0 Å². The first-order valence-corrected chi connectivity index (χ1v) is 8.75. The van der Waals surface area contributed by atoms with Crippen molar-refractivity contribution in [2.24, 2.45) is 5.10 Å². The number of aromatic nitrogens is 2. The van der Waals surface area contributed by atoms with E-state index in [9.17, 15) is 4.79 Å². The van der Waals surface area contributed by atoms with Crippen molar-refractivity contribution >= 4 is 28.7 Å². The summed E-state index contributed by atoms with van der Waals surface area (Å²) < 4.78 is 6.94. The molecule has 0 spiro atoms. The molecule has 1 aromatic carbocycles. The Morgan fingerprint density at radius 2 is 2.20 bits per heavy atom. The highest BCUT2D eigenvalue weighted by molar-refractivity contribution is 7.13. The number of ether oxygens (including phenoxy) is 1. The van der Waals surface area contributed by atoms with Crippen molar-refractivity contribution in [1.82, 2.24) is 9.55 Å². The zero-order valence-electron chi connectivity index (χ0n) is 13.8. The van der Waals surface area contributed by atoms with Crippen LogP contribution < -0.4 is 5.43 Å². The number of nitrogens with zero attached hydrogens (tertiary/aromatic N) is 3. The Morgan fingerprint density at radius 3 is 3.00 bits per heavy atom. The molecule has 25 heavy (non-hydrogen) atoms. The van der Waals surface area contributed by atoms with Gasteiger partial charge in [0.1, 0.15) is 0 Å². The van der Waals surface area contributed by atoms with Gasteiger partial charge in [-0.25, -0.2) is 4.98 Å². The van der Waals surface area contributed by atoms with Gasteiger partial charge in [0.15, 0.2) is 0 Å². The van der Waals surface area contributed by atoms with Gasteiger partial charge in [-0.15, -0.1) is 11.3 Å². The number of nitrogens with one attached hydrogen (secondary N) is 1. The van der Waals surface area contributed by atoms with Crippen molar-refractivity contribution in [2.45, 2.75) is 13.3 Å². The van der Waals surface area contributed by atoms with Gasteiger partial charge in [0.05, 0.1) is 24.9 Å². The number of carbonyl (C=O) groups is 1. The second-order valence-corrected chi connectivity index (χ2v) is 6.04. The predicted octanol–water partition coefficient (Wildman–Crippen LogP) is 3.49. The molecule has 2 heterocycles. The minimum Gasteiger partial charge on any atom is -0.466 e. The average Bonchev–Trinajstić information content (AvgIpc) is 3.27. The largest absolute Gasteiger partial charge is 0.466 e. The molecule has 2 aromatic heterocycles. The van der Waals surface area contributed by atoms with Gasteiger partial charge in [0.2, 0.25) is 5.13 Å². The van der Waals surface area contributed by atoms with Crippen molar-refractivity contribution in [1.29, 1.82) is 0 Å². The van der Waals surface area contributed by atoms with E-state index in [2.05, 4.69) is 15.5 Å². The van der Waals surface area contributed by atoms with Crippen LogP contribution in [0.1, 0.15) is 18.2 Å². The maximum Gasteiger partial charge on any atom is 0.311 e. The molecule has 0 saturated heterocycles. The fourth-order valence-corrected chi connectivity index (χ4v) is 2.89. The second kappa shape index (κ2) is 8.25. The minimum absolute atomic E-state index is 0.175. The van der Waals surface area contributed by atoms with Gasteiger partial charge in [-0.3, -0.25) is 10.2 Å². The number of carbonyl (C=O) groups excluding carboxylic acids is 1. The number of rotatable bonds is 7. The number of hydrazone groups is 1. The van der Waals surface area contributed by atoms with Crippen molar-refractivity contribution in [3.05, 3.63) is 65.4 Å². The quantitative estimate of drug-likeness (QED) is 0.401. The monoisotopic (exact) mass is 354 g/mol. The molecular formula is C18H18N4O2S. The molecule has 0 aliphatic rings. The number of esters is 1. The fourth-order valence-electron chi connectivity index (χ4n) is 2.23. The molecule has 0 fully saturated rings. The predicted molar refractivity (Wildman–Crippen MR) is 99.4 cm³/mol. The fraction of sp³-hybridized carbons (Fsp3) is 0.167. The molecule has 0 aliphatic carbocycles. The highest BCUT2D eigenvalue weighted by Crippen LogP contribution is 2.16. The van der Waals surface area contributed by atoms with Crippen LogP contribution in [0.4, 0.5) is 5.13 Å². The van der Waals surface area contributed by atoms with Gasteiger partial charge in [0, 0.05) is 23.5 Å². The van der Waals surface area contributed by atoms with Gasteiger partial charge in [0.25, 0.3) is 0 Å². The van der Waals surface area contributed by atoms with Crippen LogP contribution in [0.5, 0.6) is 0 Å². The zero-order chi connectivity index (χ0) is 17.5. The van der Waals surface area contributed by atoms with Crippen LogP contribution in [0.2, 0.25) is 0 Å². The lowest BCUT2D eigenvalue weighted by atomic mass is 10.2. The maximum atomic E-state index is 11.4. The third-order valence-electron chi connectivity index (χ3n) is 3.33. The maximum absolute atomic E-state index is 11.4. The van der Waals surface area contributed by atoms with Crippen molar-refractivity contribution in [3.63, 3.8) is 0 Å². The molecule has 0 atom stereocenters. The molecule has 0 radical (unpaired) electrons. The molecule has 128 valence electrons. The highest BCUT2D eigenvalue weighted by Gasteiger charge is 2.07. The lowest BCUT2D eigenvalue weighted by molar-refractivity contribution is -0.142. The Kier molecular flexibility index (Phi) is 5.58. The van der Waals surface area contributed by atoms with Crippen molar-refractivity contribution in [3.8, 4) is 5.69 Å². The van der Waals surface area contributed by atoms with E-state index >= 15 is 0 Å². The number of hydrogen-bond acceptors (Lipinski definition) is 6. The molecular weight excluding hydrogens is 336 g/mol. The summed E-state index contributed by atoms with van der Waals surface area (Å²) in [5.41, 5.74) is 5.61. The molecule has 7 heteroatoms. The standard InChI is InChI=1S/C18H18N4O2S/c1-2-24-17(23)11-15-13-25-18(20-15)21-19-12-14-6-5-7-16(10-14)22-8-3-4-9-22/h3-10,12-13H,2,11H2,1H3,(H,20,21).